The van der Waals surface area contributed by atoms with Crippen LogP contribution in [0.2, 0.25) is 0 Å². The van der Waals surface area contributed by atoms with Crippen molar-refractivity contribution < 1.29 is 4.79 Å². The van der Waals surface area contributed by atoms with E-state index in [4.69, 9.17) is 0 Å². The number of hydrogen-bond donors (Lipinski definition) is 1. The highest BCUT2D eigenvalue weighted by Gasteiger charge is 2.14. The zero-order valence-electron chi connectivity index (χ0n) is 16.1. The first kappa shape index (κ1) is 18.4. The van der Waals surface area contributed by atoms with Crippen molar-refractivity contribution in [3.63, 3.8) is 0 Å². The summed E-state index contributed by atoms with van der Waals surface area (Å²) in [5, 5.41) is 7.35. The van der Waals surface area contributed by atoms with Gasteiger partial charge in [0.1, 0.15) is 12.4 Å². The maximum Gasteiger partial charge on any atom is 0.267 e. The predicted octanol–water partition coefficient (Wildman–Crippen LogP) is 1.99. The number of fused-ring (bicyclic) bond motifs is 2. The van der Waals surface area contributed by atoms with Crippen molar-refractivity contribution in [1.82, 2.24) is 24.6 Å². The van der Waals surface area contributed by atoms with E-state index in [1.54, 1.807) is 6.07 Å². The molecule has 0 spiro atoms. The number of aryl methyl sites for hydroxylation is 3. The smallest absolute Gasteiger partial charge is 0.267 e. The number of nitrogens with one attached hydrogen (secondary N) is 1. The van der Waals surface area contributed by atoms with E-state index in [9.17, 15) is 9.59 Å². The maximum absolute atomic E-state index is 12.3. The lowest BCUT2D eigenvalue weighted by Gasteiger charge is -2.11. The van der Waals surface area contributed by atoms with Crippen LogP contribution < -0.4 is 10.9 Å². The van der Waals surface area contributed by atoms with Crippen LogP contribution >= 0.6 is 0 Å². The van der Waals surface area contributed by atoms with Gasteiger partial charge in [-0.05, 0) is 50.3 Å². The highest BCUT2D eigenvalue weighted by molar-refractivity contribution is 5.76. The van der Waals surface area contributed by atoms with Gasteiger partial charge in [-0.25, -0.2) is 9.67 Å². The number of nitrogens with zero attached hydrogens (tertiary/aromatic N) is 4. The number of carbonyl (C=O) groups excluding carboxylic acids is 1. The van der Waals surface area contributed by atoms with E-state index in [2.05, 4.69) is 20.0 Å². The summed E-state index contributed by atoms with van der Waals surface area (Å²) in [4.78, 5) is 29.2. The normalized spacial score (nSPS) is 13.9. The van der Waals surface area contributed by atoms with E-state index in [0.29, 0.717) is 13.1 Å². The van der Waals surface area contributed by atoms with Crippen LogP contribution in [0.1, 0.15) is 36.3 Å². The molecular weight excluding hydrogens is 354 g/mol. The predicted molar refractivity (Wildman–Crippen MR) is 107 cm³/mol. The van der Waals surface area contributed by atoms with Crippen molar-refractivity contribution in [3.8, 4) is 0 Å². The van der Waals surface area contributed by atoms with Crippen molar-refractivity contribution >= 4 is 16.9 Å². The Kier molecular flexibility index (Phi) is 5.23. The van der Waals surface area contributed by atoms with Gasteiger partial charge in [0.05, 0.1) is 16.7 Å². The summed E-state index contributed by atoms with van der Waals surface area (Å²) in [6.45, 7) is 3.01. The fourth-order valence-corrected chi connectivity index (χ4v) is 3.87. The number of rotatable bonds is 5. The molecule has 3 aromatic rings. The van der Waals surface area contributed by atoms with E-state index in [-0.39, 0.29) is 18.0 Å². The molecule has 0 saturated heterocycles. The first-order valence-corrected chi connectivity index (χ1v) is 9.90. The van der Waals surface area contributed by atoms with Gasteiger partial charge in [0.25, 0.3) is 5.56 Å². The second-order valence-corrected chi connectivity index (χ2v) is 7.32. The summed E-state index contributed by atoms with van der Waals surface area (Å²) in [5.74, 6) is 0.712. The highest BCUT2D eigenvalue weighted by atomic mass is 16.2. The third-order valence-corrected chi connectivity index (χ3v) is 5.32. The van der Waals surface area contributed by atoms with Crippen LogP contribution in [-0.4, -0.2) is 31.8 Å². The minimum atomic E-state index is -0.203. The number of amides is 1. The molecule has 0 fully saturated rings. The van der Waals surface area contributed by atoms with Gasteiger partial charge in [-0.3, -0.25) is 9.59 Å². The summed E-state index contributed by atoms with van der Waals surface area (Å²) in [6, 6.07) is 9.60. The molecular formula is C21H25N5O2. The molecule has 1 aliphatic rings. The van der Waals surface area contributed by atoms with Crippen LogP contribution in [0.15, 0.2) is 35.1 Å². The Morgan fingerprint density at radius 1 is 1.18 bits per heavy atom. The molecule has 0 radical (unpaired) electrons. The Balaban J connectivity index is 1.39. The van der Waals surface area contributed by atoms with Crippen LogP contribution in [0.5, 0.6) is 0 Å². The zero-order valence-corrected chi connectivity index (χ0v) is 16.1. The number of hydrogen-bond acceptors (Lipinski definition) is 4. The van der Waals surface area contributed by atoms with Crippen molar-refractivity contribution in [2.45, 2.75) is 52.1 Å². The first-order chi connectivity index (χ1) is 13.6. The lowest BCUT2D eigenvalue weighted by Crippen LogP contribution is -2.35. The first-order valence-electron chi connectivity index (χ1n) is 9.90. The van der Waals surface area contributed by atoms with Gasteiger partial charge in [0.15, 0.2) is 0 Å². The Labute approximate surface area is 163 Å². The average Bonchev–Trinajstić information content (AvgIpc) is 2.84. The molecule has 1 aromatic carbocycles. The van der Waals surface area contributed by atoms with Gasteiger partial charge in [-0.15, -0.1) is 0 Å². The fourth-order valence-electron chi connectivity index (χ4n) is 3.87. The minimum absolute atomic E-state index is 0.0459. The van der Waals surface area contributed by atoms with E-state index in [0.717, 1.165) is 60.2 Å². The Morgan fingerprint density at radius 2 is 2.00 bits per heavy atom. The summed E-state index contributed by atoms with van der Waals surface area (Å²) in [6.07, 6.45) is 5.13. The quantitative estimate of drug-likeness (QED) is 0.688. The Bertz CT molecular complexity index is 1070. The SMILES string of the molecule is Cc1nc2ccccc2n1CCNC(=O)Cn1nc2c(cc1=O)CCCCC2. The van der Waals surface area contributed by atoms with Crippen LogP contribution in [0.25, 0.3) is 11.0 Å². The van der Waals surface area contributed by atoms with E-state index in [1.165, 1.54) is 4.68 Å². The topological polar surface area (TPSA) is 81.8 Å². The van der Waals surface area contributed by atoms with Gasteiger partial charge in [0, 0.05) is 19.2 Å². The van der Waals surface area contributed by atoms with Crippen molar-refractivity contribution in [3.05, 3.63) is 57.8 Å². The fraction of sp³-hybridized carbons (Fsp3) is 0.429. The van der Waals surface area contributed by atoms with Gasteiger partial charge in [-0.2, -0.15) is 5.10 Å². The molecule has 2 heterocycles. The monoisotopic (exact) mass is 379 g/mol. The third kappa shape index (κ3) is 3.83. The Morgan fingerprint density at radius 3 is 2.89 bits per heavy atom. The molecule has 0 bridgehead atoms. The molecule has 2 aromatic heterocycles. The average molecular weight is 379 g/mol. The van der Waals surface area contributed by atoms with Crippen molar-refractivity contribution in [2.24, 2.45) is 0 Å². The molecule has 0 aliphatic heterocycles. The summed E-state index contributed by atoms with van der Waals surface area (Å²) in [7, 11) is 0. The van der Waals surface area contributed by atoms with Crippen molar-refractivity contribution in [2.75, 3.05) is 6.54 Å². The summed E-state index contributed by atoms with van der Waals surface area (Å²) < 4.78 is 3.37. The second-order valence-electron chi connectivity index (χ2n) is 7.32. The number of benzene rings is 1. The molecule has 1 aliphatic carbocycles. The third-order valence-electron chi connectivity index (χ3n) is 5.32. The van der Waals surface area contributed by atoms with Crippen LogP contribution in [0.4, 0.5) is 0 Å². The Hall–Kier alpha value is -2.96. The molecule has 1 N–H and O–H groups in total. The lowest BCUT2D eigenvalue weighted by molar-refractivity contribution is -0.121. The van der Waals surface area contributed by atoms with Gasteiger partial charge in [-0.1, -0.05) is 18.6 Å². The standard InChI is InChI=1S/C21H25N5O2/c1-15-23-18-9-5-6-10-19(18)25(15)12-11-22-20(27)14-26-21(28)13-16-7-3-2-4-8-17(16)24-26/h5-6,9-10,13H,2-4,7-8,11-12,14H2,1H3,(H,22,27). The van der Waals surface area contributed by atoms with Gasteiger partial charge >= 0.3 is 0 Å². The number of imidazole rings is 1. The number of para-hydroxylation sites is 2. The van der Waals surface area contributed by atoms with Crippen molar-refractivity contribution in [1.29, 1.82) is 0 Å². The number of carbonyl (C=O) groups is 1. The zero-order chi connectivity index (χ0) is 19.5. The summed E-state index contributed by atoms with van der Waals surface area (Å²) >= 11 is 0. The van der Waals surface area contributed by atoms with Crippen LogP contribution in [0.3, 0.4) is 0 Å². The molecule has 7 heteroatoms. The van der Waals surface area contributed by atoms with Gasteiger partial charge < -0.3 is 9.88 Å². The molecule has 28 heavy (non-hydrogen) atoms. The minimum Gasteiger partial charge on any atom is -0.353 e. The van der Waals surface area contributed by atoms with E-state index in [1.807, 2.05) is 31.2 Å². The molecule has 0 saturated carbocycles. The highest BCUT2D eigenvalue weighted by Crippen LogP contribution is 2.17. The molecule has 7 nitrogen and oxygen atoms in total. The molecule has 0 unspecified atom stereocenters. The lowest BCUT2D eigenvalue weighted by atomic mass is 10.1. The summed E-state index contributed by atoms with van der Waals surface area (Å²) in [5.41, 5.74) is 3.81. The number of aromatic nitrogens is 4. The molecule has 146 valence electrons. The molecule has 0 atom stereocenters. The maximum atomic E-state index is 12.3. The van der Waals surface area contributed by atoms with E-state index >= 15 is 0 Å². The molecule has 4 rings (SSSR count). The van der Waals surface area contributed by atoms with Gasteiger partial charge in [0.2, 0.25) is 5.91 Å². The van der Waals surface area contributed by atoms with Crippen LogP contribution in [-0.2, 0) is 30.7 Å². The largest absolute Gasteiger partial charge is 0.353 e. The van der Waals surface area contributed by atoms with Crippen LogP contribution in [0, 0.1) is 6.92 Å². The second kappa shape index (κ2) is 7.96. The van der Waals surface area contributed by atoms with E-state index < -0.39 is 0 Å². The molecule has 1 amide bonds.